The zero-order chi connectivity index (χ0) is 32.0. The van der Waals surface area contributed by atoms with Crippen molar-refractivity contribution < 1.29 is 105 Å². The summed E-state index contributed by atoms with van der Waals surface area (Å²) in [5.74, 6) is -2.78. The molecule has 0 saturated carbocycles. The van der Waals surface area contributed by atoms with Crippen molar-refractivity contribution in [3.05, 3.63) is 78.4 Å². The normalized spacial score (nSPS) is 12.0. The van der Waals surface area contributed by atoms with Gasteiger partial charge in [-0.3, -0.25) is 4.55 Å². The smallest absolute Gasteiger partial charge is 0.871 e. The number of nitrogens with zero attached hydrogens (tertiary/aromatic N) is 4. The van der Waals surface area contributed by atoms with Gasteiger partial charge in [0.15, 0.2) is 5.75 Å². The summed E-state index contributed by atoms with van der Waals surface area (Å²) >= 11 is 0. The number of carboxylic acid groups (broad SMARTS) is 1. The van der Waals surface area contributed by atoms with Crippen LogP contribution in [0.2, 0.25) is 0 Å². The number of phenols is 1. The van der Waals surface area contributed by atoms with Crippen molar-refractivity contribution in [1.29, 1.82) is 0 Å². The zero-order valence-corrected chi connectivity index (χ0v) is 29.4. The summed E-state index contributed by atoms with van der Waals surface area (Å²) in [6, 6.07) is 14.8. The quantitative estimate of drug-likeness (QED) is 0.0703. The Labute approximate surface area is 304 Å². The largest absolute Gasteiger partial charge is 1.00 e. The second-order valence-corrected chi connectivity index (χ2v) is 11.9. The monoisotopic (exact) mass is 681 g/mol. The molecule has 0 aromatic heterocycles. The first kappa shape index (κ1) is 37.0. The Bertz CT molecular complexity index is 2300. The van der Waals surface area contributed by atoms with Crippen LogP contribution in [0.5, 0.6) is 11.5 Å². The fourth-order valence-corrected chi connectivity index (χ4v) is 5.52. The van der Waals surface area contributed by atoms with Crippen LogP contribution in [0.25, 0.3) is 21.5 Å². The molecule has 0 heterocycles. The van der Waals surface area contributed by atoms with E-state index >= 15 is 0 Å². The number of aromatic hydroxyl groups is 1. The number of hydrogen-bond donors (Lipinski definition) is 4. The van der Waals surface area contributed by atoms with Crippen LogP contribution in [-0.2, 0) is 20.2 Å². The molecule has 0 aliphatic rings. The van der Waals surface area contributed by atoms with Gasteiger partial charge in [-0.1, -0.05) is 11.8 Å². The number of carboxylic acids is 1. The van der Waals surface area contributed by atoms with E-state index in [1.54, 1.807) is 0 Å². The second kappa shape index (κ2) is 14.1. The van der Waals surface area contributed by atoms with Gasteiger partial charge in [-0.05, 0) is 82.9 Å². The maximum absolute atomic E-state index is 13.0. The third-order valence-corrected chi connectivity index (χ3v) is 8.00. The third-order valence-electron chi connectivity index (χ3n) is 6.28. The number of fused-ring (bicyclic) bond motifs is 2. The summed E-state index contributed by atoms with van der Waals surface area (Å²) < 4.78 is 70.0. The van der Waals surface area contributed by atoms with E-state index in [9.17, 15) is 40.9 Å². The number of anilines is 1. The Morgan fingerprint density at radius 3 is 1.87 bits per heavy atom. The van der Waals surface area contributed by atoms with Gasteiger partial charge >= 0.3 is 65.1 Å². The van der Waals surface area contributed by atoms with Crippen molar-refractivity contribution in [1.82, 2.24) is 0 Å². The first-order valence-corrected chi connectivity index (χ1v) is 14.9. The van der Waals surface area contributed by atoms with E-state index in [1.807, 2.05) is 0 Å². The molecule has 5 N–H and O–H groups in total. The van der Waals surface area contributed by atoms with E-state index in [0.29, 0.717) is 0 Å². The summed E-state index contributed by atoms with van der Waals surface area (Å²) in [6.07, 6.45) is 0. The van der Waals surface area contributed by atoms with E-state index in [1.165, 1.54) is 60.7 Å². The average molecular weight is 682 g/mol. The Kier molecular flexibility index (Phi) is 11.3. The molecule has 0 radical (unpaired) electrons. The minimum absolute atomic E-state index is 0. The number of rotatable bonds is 7. The second-order valence-electron chi connectivity index (χ2n) is 9.19. The van der Waals surface area contributed by atoms with Crippen molar-refractivity contribution in [2.75, 3.05) is 5.73 Å². The summed E-state index contributed by atoms with van der Waals surface area (Å²) in [5.41, 5.74) is 4.56. The van der Waals surface area contributed by atoms with Gasteiger partial charge in [-0.2, -0.15) is 18.6 Å². The van der Waals surface area contributed by atoms with Crippen LogP contribution >= 0.6 is 0 Å². The van der Waals surface area contributed by atoms with Gasteiger partial charge in [-0.25, -0.2) is 13.2 Å². The Morgan fingerprint density at radius 1 is 0.717 bits per heavy atom. The number of nitrogens with two attached hydrogens (primary N) is 1. The summed E-state index contributed by atoms with van der Waals surface area (Å²) in [7, 11) is -10.2. The van der Waals surface area contributed by atoms with Crippen molar-refractivity contribution in [2.24, 2.45) is 20.5 Å². The predicted octanol–water partition coefficient (Wildman–Crippen LogP) is -0.958. The van der Waals surface area contributed by atoms with Crippen molar-refractivity contribution in [2.45, 2.75) is 9.79 Å². The van der Waals surface area contributed by atoms with Crippen LogP contribution in [0, 0.1) is 0 Å². The van der Waals surface area contributed by atoms with Crippen molar-refractivity contribution >= 4 is 76.2 Å². The number of carbonyl (C=O) groups is 1. The molecule has 0 aliphatic carbocycles. The number of nitrogen functional groups attached to an aromatic ring is 1. The van der Waals surface area contributed by atoms with E-state index in [-0.39, 0.29) is 103 Å². The molecule has 0 amide bonds. The molecule has 5 rings (SSSR count). The third kappa shape index (κ3) is 7.72. The Hall–Kier alpha value is -3.49. The van der Waals surface area contributed by atoms with Gasteiger partial charge in [0.2, 0.25) is 0 Å². The van der Waals surface area contributed by atoms with Gasteiger partial charge in [0.1, 0.15) is 20.7 Å². The Morgan fingerprint density at radius 2 is 1.26 bits per heavy atom. The van der Waals surface area contributed by atoms with Gasteiger partial charge < -0.3 is 25.6 Å². The molecule has 0 atom stereocenters. The van der Waals surface area contributed by atoms with Gasteiger partial charge in [-0.15, -0.1) is 10.2 Å². The molecule has 0 aliphatic heterocycles. The van der Waals surface area contributed by atoms with Crippen LogP contribution in [0.4, 0.5) is 28.4 Å². The van der Waals surface area contributed by atoms with E-state index < -0.39 is 58.9 Å². The van der Waals surface area contributed by atoms with Crippen LogP contribution in [0.1, 0.15) is 10.4 Å². The molecule has 46 heavy (non-hydrogen) atoms. The van der Waals surface area contributed by atoms with Gasteiger partial charge in [0, 0.05) is 11.1 Å². The first-order valence-electron chi connectivity index (χ1n) is 12.1. The van der Waals surface area contributed by atoms with Crippen LogP contribution < -0.4 is 70.0 Å². The summed E-state index contributed by atoms with van der Waals surface area (Å²) in [6.45, 7) is 0. The van der Waals surface area contributed by atoms with E-state index in [0.717, 1.165) is 12.1 Å². The number of benzene rings is 5. The SMILES string of the molecule is Nc1ccc2c([O-])c(N=Nc3ccc4c(O)c(N=Nc5ccc(C(=O)O)cc5)c(S(=O)(=O)O)cc4c3)c(S(=O)(=O)[O-])cc2c1.[Na+].[Na+]. The molecule has 5 aromatic carbocycles. The van der Waals surface area contributed by atoms with Crippen LogP contribution in [0.3, 0.4) is 0 Å². The van der Waals surface area contributed by atoms with Crippen molar-refractivity contribution in [3.8, 4) is 11.5 Å². The molecule has 0 spiro atoms. The van der Waals surface area contributed by atoms with Gasteiger partial charge in [0.25, 0.3) is 10.1 Å². The fourth-order valence-electron chi connectivity index (χ4n) is 4.22. The Balaban J connectivity index is 0.00000288. The molecule has 0 fully saturated rings. The van der Waals surface area contributed by atoms with Gasteiger partial charge in [0.05, 0.1) is 27.5 Å². The molecule has 224 valence electrons. The average Bonchev–Trinajstić information content (AvgIpc) is 2.95. The standard InChI is InChI=1S/C27H19N5O10S2.2Na/c28-16-3-7-19-14(9-16)11-21(43(37,38)39)24(25(19)33)32-30-18-6-8-20-15(10-18)12-22(44(40,41)42)23(26(20)34)31-29-17-4-1-13(2-5-17)27(35)36;;/h1-12,33-34H,28H2,(H,35,36)(H,37,38,39)(H,40,41,42);;/q;2*+1/p-2. The molecule has 19 heteroatoms. The molecule has 15 nitrogen and oxygen atoms in total. The number of phenolic OH excluding ortho intramolecular Hbond substituents is 1. The molecule has 0 unspecified atom stereocenters. The first-order chi connectivity index (χ1) is 20.6. The minimum Gasteiger partial charge on any atom is -0.871 e. The van der Waals surface area contributed by atoms with Crippen LogP contribution in [0.15, 0.2) is 103 Å². The summed E-state index contributed by atoms with van der Waals surface area (Å²) in [5, 5.41) is 48.2. The maximum atomic E-state index is 13.0. The molecule has 0 saturated heterocycles. The number of aromatic carboxylic acids is 1. The maximum Gasteiger partial charge on any atom is 1.00 e. The molecule has 5 aromatic rings. The van der Waals surface area contributed by atoms with Crippen molar-refractivity contribution in [3.63, 3.8) is 0 Å². The number of hydrogen-bond acceptors (Lipinski definition) is 13. The summed E-state index contributed by atoms with van der Waals surface area (Å²) in [4.78, 5) is 9.27. The fraction of sp³-hybridized carbons (Fsp3) is 0. The predicted molar refractivity (Wildman–Crippen MR) is 153 cm³/mol. The van der Waals surface area contributed by atoms with E-state index in [4.69, 9.17) is 10.8 Å². The topological polar surface area (TPSA) is 268 Å². The van der Waals surface area contributed by atoms with E-state index in [2.05, 4.69) is 20.5 Å². The number of azo groups is 2. The molecule has 0 bridgehead atoms. The minimum atomic E-state index is -5.18. The molecular formula is C27H17N5Na2O10S2. The zero-order valence-electron chi connectivity index (χ0n) is 23.8. The molecular weight excluding hydrogens is 664 g/mol. The van der Waals surface area contributed by atoms with Crippen LogP contribution in [-0.4, -0.2) is 42.1 Å².